The second kappa shape index (κ2) is 6.16. The van der Waals surface area contributed by atoms with E-state index in [9.17, 15) is 4.79 Å². The molecule has 1 heterocycles. The van der Waals surface area contributed by atoms with E-state index < -0.39 is 0 Å². The van der Waals surface area contributed by atoms with Crippen LogP contribution in [0.4, 0.5) is 5.69 Å². The number of benzene rings is 2. The van der Waals surface area contributed by atoms with Gasteiger partial charge >= 0.3 is 0 Å². The fourth-order valence-corrected chi connectivity index (χ4v) is 3.38. The molecule has 0 unspecified atom stereocenters. The van der Waals surface area contributed by atoms with Gasteiger partial charge in [0.1, 0.15) is 0 Å². The molecule has 2 aromatic carbocycles. The van der Waals surface area contributed by atoms with Gasteiger partial charge in [-0.2, -0.15) is 0 Å². The normalized spacial score (nSPS) is 10.5. The minimum atomic E-state index is 0.0456. The lowest BCUT2D eigenvalue weighted by Gasteiger charge is -2.12. The summed E-state index contributed by atoms with van der Waals surface area (Å²) in [5, 5.41) is 0. The summed E-state index contributed by atoms with van der Waals surface area (Å²) in [5.74, 6) is 0. The molecular weight excluding hydrogens is 290 g/mol. The molecule has 0 radical (unpaired) electrons. The predicted molar refractivity (Wildman–Crippen MR) is 95.8 cm³/mol. The average molecular weight is 307 g/mol. The van der Waals surface area contributed by atoms with Crippen molar-refractivity contribution in [1.82, 2.24) is 0 Å². The van der Waals surface area contributed by atoms with Gasteiger partial charge in [-0.15, -0.1) is 11.3 Å². The molecule has 0 amide bonds. The molecule has 0 aliphatic carbocycles. The third kappa shape index (κ3) is 3.10. The van der Waals surface area contributed by atoms with E-state index in [0.29, 0.717) is 0 Å². The van der Waals surface area contributed by atoms with Crippen LogP contribution in [0, 0.1) is 0 Å². The van der Waals surface area contributed by atoms with Gasteiger partial charge in [-0.3, -0.25) is 4.79 Å². The second-order valence-corrected chi connectivity index (χ2v) is 6.41. The average Bonchev–Trinajstić information content (AvgIpc) is 2.55. The van der Waals surface area contributed by atoms with Crippen molar-refractivity contribution < 1.29 is 0 Å². The van der Waals surface area contributed by atoms with Gasteiger partial charge in [0.2, 0.25) is 0 Å². The first-order valence-electron chi connectivity index (χ1n) is 7.12. The standard InChI is InChI=1S/C19H17NOS/c1-20(2)16-10-8-15(9-11-16)19-13-17(21)12-18(22-19)14-6-4-3-5-7-14/h3-13H,1-2H3. The Balaban J connectivity index is 2.04. The van der Waals surface area contributed by atoms with E-state index in [1.807, 2.05) is 44.4 Å². The lowest BCUT2D eigenvalue weighted by atomic mass is 10.1. The molecule has 110 valence electrons. The van der Waals surface area contributed by atoms with Crippen LogP contribution in [0.2, 0.25) is 0 Å². The van der Waals surface area contributed by atoms with E-state index in [1.165, 1.54) is 0 Å². The minimum absolute atomic E-state index is 0.0456. The molecule has 0 saturated carbocycles. The van der Waals surface area contributed by atoms with Crippen molar-refractivity contribution >= 4 is 17.0 Å². The quantitative estimate of drug-likeness (QED) is 0.709. The van der Waals surface area contributed by atoms with Gasteiger partial charge in [0.05, 0.1) is 0 Å². The van der Waals surface area contributed by atoms with Crippen molar-refractivity contribution in [3.8, 4) is 20.9 Å². The van der Waals surface area contributed by atoms with Crippen LogP contribution in [0.25, 0.3) is 20.9 Å². The highest BCUT2D eigenvalue weighted by atomic mass is 32.1. The summed E-state index contributed by atoms with van der Waals surface area (Å²) in [6, 6.07) is 21.7. The van der Waals surface area contributed by atoms with Crippen LogP contribution in [0.1, 0.15) is 0 Å². The molecule has 1 aromatic heterocycles. The van der Waals surface area contributed by atoms with Crippen LogP contribution in [0.5, 0.6) is 0 Å². The summed E-state index contributed by atoms with van der Waals surface area (Å²) in [4.78, 5) is 16.1. The maximum Gasteiger partial charge on any atom is 0.181 e. The SMILES string of the molecule is CN(C)c1ccc(-c2cc(=O)cc(-c3ccccc3)s2)cc1. The summed E-state index contributed by atoms with van der Waals surface area (Å²) < 4.78 is 0. The lowest BCUT2D eigenvalue weighted by Crippen LogP contribution is -2.07. The molecular formula is C19H17NOS. The smallest absolute Gasteiger partial charge is 0.181 e. The van der Waals surface area contributed by atoms with Gasteiger partial charge in [-0.25, -0.2) is 0 Å². The topological polar surface area (TPSA) is 20.3 Å². The third-order valence-electron chi connectivity index (χ3n) is 3.49. The molecule has 0 N–H and O–H groups in total. The van der Waals surface area contributed by atoms with Crippen LogP contribution in [-0.2, 0) is 0 Å². The van der Waals surface area contributed by atoms with Crippen molar-refractivity contribution in [3.63, 3.8) is 0 Å². The van der Waals surface area contributed by atoms with E-state index >= 15 is 0 Å². The first-order chi connectivity index (χ1) is 10.6. The first-order valence-corrected chi connectivity index (χ1v) is 7.93. The molecule has 2 nitrogen and oxygen atoms in total. The van der Waals surface area contributed by atoms with Crippen LogP contribution in [0.15, 0.2) is 71.5 Å². The number of hydrogen-bond donors (Lipinski definition) is 0. The Morgan fingerprint density at radius 3 is 1.86 bits per heavy atom. The van der Waals surface area contributed by atoms with Gasteiger partial charge in [0.25, 0.3) is 0 Å². The largest absolute Gasteiger partial charge is 0.378 e. The summed E-state index contributed by atoms with van der Waals surface area (Å²) in [5.41, 5.74) is 3.35. The number of hydrogen-bond acceptors (Lipinski definition) is 3. The first kappa shape index (κ1) is 14.5. The molecule has 0 fully saturated rings. The number of rotatable bonds is 3. The maximum absolute atomic E-state index is 12.0. The molecule has 3 heteroatoms. The molecule has 0 aliphatic rings. The van der Waals surface area contributed by atoms with E-state index in [-0.39, 0.29) is 5.43 Å². The highest BCUT2D eigenvalue weighted by molar-refractivity contribution is 7.18. The van der Waals surface area contributed by atoms with E-state index in [0.717, 1.165) is 26.6 Å². The zero-order valence-corrected chi connectivity index (χ0v) is 13.4. The van der Waals surface area contributed by atoms with E-state index in [1.54, 1.807) is 23.5 Å². The number of nitrogens with zero attached hydrogens (tertiary/aromatic N) is 1. The second-order valence-electron chi connectivity index (χ2n) is 5.33. The van der Waals surface area contributed by atoms with Crippen molar-refractivity contribution in [1.29, 1.82) is 0 Å². The molecule has 3 aromatic rings. The summed E-state index contributed by atoms with van der Waals surface area (Å²) in [6.07, 6.45) is 0. The third-order valence-corrected chi connectivity index (χ3v) is 4.64. The summed E-state index contributed by atoms with van der Waals surface area (Å²) in [7, 11) is 4.03. The van der Waals surface area contributed by atoms with Crippen LogP contribution >= 0.6 is 11.3 Å². The van der Waals surface area contributed by atoms with Crippen molar-refractivity contribution in [3.05, 3.63) is 77.0 Å². The van der Waals surface area contributed by atoms with Crippen LogP contribution in [-0.4, -0.2) is 14.1 Å². The fourth-order valence-electron chi connectivity index (χ4n) is 2.29. The Kier molecular flexibility index (Phi) is 4.07. The fraction of sp³-hybridized carbons (Fsp3) is 0.105. The predicted octanol–water partition coefficient (Wildman–Crippen LogP) is 4.51. The Hall–Kier alpha value is -2.39. The highest BCUT2D eigenvalue weighted by Crippen LogP contribution is 2.31. The van der Waals surface area contributed by atoms with Crippen molar-refractivity contribution in [2.45, 2.75) is 0 Å². The van der Waals surface area contributed by atoms with Gasteiger partial charge in [0, 0.05) is 41.7 Å². The highest BCUT2D eigenvalue weighted by Gasteiger charge is 2.05. The molecule has 22 heavy (non-hydrogen) atoms. The molecule has 3 rings (SSSR count). The van der Waals surface area contributed by atoms with Gasteiger partial charge in [0.15, 0.2) is 5.43 Å². The monoisotopic (exact) mass is 307 g/mol. The lowest BCUT2D eigenvalue weighted by molar-refractivity contribution is 1.13. The molecule has 0 aliphatic heterocycles. The van der Waals surface area contributed by atoms with Crippen molar-refractivity contribution in [2.75, 3.05) is 19.0 Å². The van der Waals surface area contributed by atoms with E-state index in [4.69, 9.17) is 0 Å². The van der Waals surface area contributed by atoms with E-state index in [2.05, 4.69) is 29.2 Å². The Labute approximate surface area is 134 Å². The van der Waals surface area contributed by atoms with Crippen LogP contribution < -0.4 is 10.3 Å². The molecule has 0 spiro atoms. The van der Waals surface area contributed by atoms with Gasteiger partial charge < -0.3 is 4.90 Å². The summed E-state index contributed by atoms with van der Waals surface area (Å²) >= 11 is 1.64. The zero-order chi connectivity index (χ0) is 15.5. The molecule has 0 atom stereocenters. The van der Waals surface area contributed by atoms with Gasteiger partial charge in [-0.05, 0) is 23.3 Å². The van der Waals surface area contributed by atoms with Crippen LogP contribution in [0.3, 0.4) is 0 Å². The molecule has 0 bridgehead atoms. The summed E-state index contributed by atoms with van der Waals surface area (Å²) in [6.45, 7) is 0. The Morgan fingerprint density at radius 2 is 1.32 bits per heavy atom. The molecule has 0 saturated heterocycles. The zero-order valence-electron chi connectivity index (χ0n) is 12.6. The number of anilines is 1. The van der Waals surface area contributed by atoms with Crippen molar-refractivity contribution in [2.24, 2.45) is 0 Å². The maximum atomic E-state index is 12.0. The van der Waals surface area contributed by atoms with Gasteiger partial charge in [-0.1, -0.05) is 42.5 Å². The minimum Gasteiger partial charge on any atom is -0.378 e. The Morgan fingerprint density at radius 1 is 0.773 bits per heavy atom. The Bertz CT molecular complexity index is 820.